The zero-order chi connectivity index (χ0) is 17.3. The monoisotopic (exact) mass is 336 g/mol. The molecular formula is C20H20N2O3. The Hall–Kier alpha value is -2.95. The standard InChI is InChI=1S/C20H20N2O3/c23-20-12-18(21-24-14-16-7-3-1-4-8-16)11-19(13-20)22-25-15-17-9-5-2-6-10-17/h1-10H,11-15H2. The third-order valence-corrected chi connectivity index (χ3v) is 3.75. The number of benzene rings is 2. The van der Waals surface area contributed by atoms with E-state index in [2.05, 4.69) is 10.3 Å². The van der Waals surface area contributed by atoms with Gasteiger partial charge in [0.1, 0.15) is 19.0 Å². The molecule has 0 unspecified atom stereocenters. The summed E-state index contributed by atoms with van der Waals surface area (Å²) in [5.74, 6) is 0.0790. The summed E-state index contributed by atoms with van der Waals surface area (Å²) in [6, 6.07) is 19.6. The minimum absolute atomic E-state index is 0.0790. The van der Waals surface area contributed by atoms with Crippen LogP contribution in [0.4, 0.5) is 0 Å². The van der Waals surface area contributed by atoms with E-state index in [0.717, 1.165) is 11.1 Å². The molecule has 5 heteroatoms. The first kappa shape index (κ1) is 16.9. The number of ketones is 1. The molecule has 0 radical (unpaired) electrons. The number of carbonyl (C=O) groups is 1. The van der Waals surface area contributed by atoms with E-state index >= 15 is 0 Å². The van der Waals surface area contributed by atoms with Gasteiger partial charge in [-0.25, -0.2) is 0 Å². The molecule has 2 aromatic rings. The Balaban J connectivity index is 1.52. The fraction of sp³-hybridized carbons (Fsp3) is 0.250. The van der Waals surface area contributed by atoms with E-state index in [-0.39, 0.29) is 5.78 Å². The number of carbonyl (C=O) groups excluding carboxylic acids is 1. The van der Waals surface area contributed by atoms with Gasteiger partial charge in [0.25, 0.3) is 0 Å². The van der Waals surface area contributed by atoms with Crippen LogP contribution >= 0.6 is 0 Å². The lowest BCUT2D eigenvalue weighted by atomic mass is 9.95. The highest BCUT2D eigenvalue weighted by atomic mass is 16.6. The van der Waals surface area contributed by atoms with Crippen LogP contribution in [0.15, 0.2) is 71.0 Å². The van der Waals surface area contributed by atoms with Gasteiger partial charge in [0.15, 0.2) is 0 Å². The lowest BCUT2D eigenvalue weighted by molar-refractivity contribution is -0.117. The fourth-order valence-corrected chi connectivity index (χ4v) is 2.55. The highest BCUT2D eigenvalue weighted by Crippen LogP contribution is 2.13. The summed E-state index contributed by atoms with van der Waals surface area (Å²) >= 11 is 0. The Morgan fingerprint density at radius 1 is 0.680 bits per heavy atom. The summed E-state index contributed by atoms with van der Waals surface area (Å²) in [6.45, 7) is 0.769. The Bertz CT molecular complexity index is 692. The van der Waals surface area contributed by atoms with Crippen LogP contribution in [0.25, 0.3) is 0 Å². The number of hydrogen-bond donors (Lipinski definition) is 0. The van der Waals surface area contributed by atoms with Crippen LogP contribution in [0.1, 0.15) is 30.4 Å². The van der Waals surface area contributed by atoms with E-state index < -0.39 is 0 Å². The quantitative estimate of drug-likeness (QED) is 0.752. The Kier molecular flexibility index (Phi) is 5.93. The molecule has 0 amide bonds. The topological polar surface area (TPSA) is 60.2 Å². The van der Waals surface area contributed by atoms with Crippen molar-refractivity contribution in [2.24, 2.45) is 10.3 Å². The van der Waals surface area contributed by atoms with Crippen LogP contribution in [-0.4, -0.2) is 17.2 Å². The molecule has 2 aromatic carbocycles. The molecule has 1 fully saturated rings. The molecular weight excluding hydrogens is 316 g/mol. The number of Topliss-reactive ketones (excluding diaryl/α,β-unsaturated/α-hetero) is 1. The van der Waals surface area contributed by atoms with E-state index in [1.54, 1.807) is 0 Å². The average Bonchev–Trinajstić information content (AvgIpc) is 2.63. The maximum absolute atomic E-state index is 11.9. The predicted molar refractivity (Wildman–Crippen MR) is 96.2 cm³/mol. The highest BCUT2D eigenvalue weighted by molar-refractivity contribution is 6.21. The second-order valence-corrected chi connectivity index (χ2v) is 5.90. The van der Waals surface area contributed by atoms with E-state index in [0.29, 0.717) is 43.9 Å². The first-order chi connectivity index (χ1) is 12.3. The van der Waals surface area contributed by atoms with E-state index in [1.807, 2.05) is 60.7 Å². The predicted octanol–water partition coefficient (Wildman–Crippen LogP) is 3.89. The van der Waals surface area contributed by atoms with Crippen molar-refractivity contribution in [1.29, 1.82) is 0 Å². The maximum atomic E-state index is 11.9. The van der Waals surface area contributed by atoms with Crippen molar-refractivity contribution in [2.45, 2.75) is 32.5 Å². The van der Waals surface area contributed by atoms with Crippen molar-refractivity contribution in [2.75, 3.05) is 0 Å². The van der Waals surface area contributed by atoms with Gasteiger partial charge in [-0.05, 0) is 11.1 Å². The van der Waals surface area contributed by atoms with Crippen molar-refractivity contribution >= 4 is 17.2 Å². The Labute approximate surface area is 146 Å². The van der Waals surface area contributed by atoms with Crippen LogP contribution < -0.4 is 0 Å². The third kappa shape index (κ3) is 5.57. The molecule has 0 aromatic heterocycles. The lowest BCUT2D eigenvalue weighted by Crippen LogP contribution is -2.23. The van der Waals surface area contributed by atoms with E-state index in [9.17, 15) is 4.79 Å². The molecule has 1 aliphatic rings. The average molecular weight is 336 g/mol. The smallest absolute Gasteiger partial charge is 0.144 e. The van der Waals surface area contributed by atoms with E-state index in [1.165, 1.54) is 0 Å². The fourth-order valence-electron chi connectivity index (χ4n) is 2.55. The number of rotatable bonds is 6. The number of oxime groups is 2. The summed E-state index contributed by atoms with van der Waals surface area (Å²) in [5.41, 5.74) is 3.45. The molecule has 0 atom stereocenters. The molecule has 0 N–H and O–H groups in total. The van der Waals surface area contributed by atoms with Crippen LogP contribution in [0.2, 0.25) is 0 Å². The van der Waals surface area contributed by atoms with Crippen molar-refractivity contribution in [3.05, 3.63) is 71.8 Å². The minimum Gasteiger partial charge on any atom is -0.391 e. The lowest BCUT2D eigenvalue weighted by Gasteiger charge is -2.14. The van der Waals surface area contributed by atoms with Gasteiger partial charge in [0, 0.05) is 19.3 Å². The molecule has 0 spiro atoms. The molecule has 1 saturated carbocycles. The molecule has 25 heavy (non-hydrogen) atoms. The zero-order valence-electron chi connectivity index (χ0n) is 13.9. The van der Waals surface area contributed by atoms with Gasteiger partial charge in [0.2, 0.25) is 0 Å². The van der Waals surface area contributed by atoms with Gasteiger partial charge in [-0.3, -0.25) is 4.79 Å². The molecule has 3 rings (SSSR count). The zero-order valence-corrected chi connectivity index (χ0v) is 13.9. The van der Waals surface area contributed by atoms with E-state index in [4.69, 9.17) is 9.68 Å². The molecule has 0 saturated heterocycles. The summed E-state index contributed by atoms with van der Waals surface area (Å²) in [7, 11) is 0. The molecule has 0 aliphatic heterocycles. The SMILES string of the molecule is O=C1CC(=NOCc2ccccc2)CC(=NOCc2ccccc2)C1. The van der Waals surface area contributed by atoms with Crippen LogP contribution in [0.5, 0.6) is 0 Å². The summed E-state index contributed by atoms with van der Waals surface area (Å²) in [5, 5.41) is 8.21. The molecule has 0 heterocycles. The summed E-state index contributed by atoms with van der Waals surface area (Å²) in [6.07, 6.45) is 1.13. The number of nitrogens with zero attached hydrogens (tertiary/aromatic N) is 2. The largest absolute Gasteiger partial charge is 0.391 e. The second kappa shape index (κ2) is 8.78. The summed E-state index contributed by atoms with van der Waals surface area (Å²) in [4.78, 5) is 22.6. The van der Waals surface area contributed by atoms with Gasteiger partial charge in [0.05, 0.1) is 11.4 Å². The van der Waals surface area contributed by atoms with Crippen LogP contribution in [-0.2, 0) is 27.7 Å². The molecule has 5 nitrogen and oxygen atoms in total. The van der Waals surface area contributed by atoms with Crippen molar-refractivity contribution in [3.63, 3.8) is 0 Å². The van der Waals surface area contributed by atoms with Crippen molar-refractivity contribution < 1.29 is 14.5 Å². The normalized spacial score (nSPS) is 17.7. The summed E-state index contributed by atoms with van der Waals surface area (Å²) < 4.78 is 0. The van der Waals surface area contributed by atoms with Gasteiger partial charge in [-0.2, -0.15) is 0 Å². The van der Waals surface area contributed by atoms with Crippen LogP contribution in [0.3, 0.4) is 0 Å². The minimum atomic E-state index is 0.0790. The highest BCUT2D eigenvalue weighted by Gasteiger charge is 2.21. The molecule has 0 bridgehead atoms. The van der Waals surface area contributed by atoms with Gasteiger partial charge < -0.3 is 9.68 Å². The second-order valence-electron chi connectivity index (χ2n) is 5.90. The third-order valence-electron chi connectivity index (χ3n) is 3.75. The van der Waals surface area contributed by atoms with Crippen molar-refractivity contribution in [1.82, 2.24) is 0 Å². The van der Waals surface area contributed by atoms with Crippen LogP contribution in [0, 0.1) is 0 Å². The Morgan fingerprint density at radius 2 is 1.12 bits per heavy atom. The van der Waals surface area contributed by atoms with Crippen molar-refractivity contribution in [3.8, 4) is 0 Å². The Morgan fingerprint density at radius 3 is 1.56 bits per heavy atom. The van der Waals surface area contributed by atoms with Gasteiger partial charge >= 0.3 is 0 Å². The first-order valence-corrected chi connectivity index (χ1v) is 8.24. The molecule has 128 valence electrons. The first-order valence-electron chi connectivity index (χ1n) is 8.24. The van der Waals surface area contributed by atoms with Gasteiger partial charge in [-0.1, -0.05) is 71.0 Å². The molecule has 1 aliphatic carbocycles. The number of hydrogen-bond acceptors (Lipinski definition) is 5. The maximum Gasteiger partial charge on any atom is 0.144 e. The van der Waals surface area contributed by atoms with Gasteiger partial charge in [-0.15, -0.1) is 0 Å².